The largest absolute Gasteiger partial charge is 0.378 e. The van der Waals surface area contributed by atoms with Gasteiger partial charge in [-0.05, 0) is 68.8 Å². The van der Waals surface area contributed by atoms with Gasteiger partial charge in [0.05, 0.1) is 18.8 Å². The molecule has 162 valence electrons. The molecule has 0 aromatic heterocycles. The van der Waals surface area contributed by atoms with Gasteiger partial charge in [-0.15, -0.1) is 0 Å². The van der Waals surface area contributed by atoms with Gasteiger partial charge < -0.3 is 9.64 Å². The molecule has 1 aliphatic heterocycles. The van der Waals surface area contributed by atoms with E-state index in [1.807, 2.05) is 26.2 Å². The zero-order chi connectivity index (χ0) is 21.6. The number of carbonyl (C=O) groups is 1. The number of likely N-dealkylation sites (N-methyl/N-ethyl adjacent to an activating group) is 1. The van der Waals surface area contributed by atoms with Crippen LogP contribution in [-0.4, -0.2) is 56.6 Å². The third-order valence-electron chi connectivity index (χ3n) is 6.49. The van der Waals surface area contributed by atoms with Crippen molar-refractivity contribution in [3.63, 3.8) is 0 Å². The molecule has 30 heavy (non-hydrogen) atoms. The van der Waals surface area contributed by atoms with Crippen LogP contribution in [0.1, 0.15) is 48.2 Å². The normalized spacial score (nSPS) is 16.5. The Labute approximate surface area is 181 Å². The summed E-state index contributed by atoms with van der Waals surface area (Å²) in [5, 5.41) is 0. The molecule has 0 aliphatic carbocycles. The second kappa shape index (κ2) is 10.2. The van der Waals surface area contributed by atoms with E-state index in [9.17, 15) is 4.79 Å². The number of rotatable bonds is 9. The highest BCUT2D eigenvalue weighted by Gasteiger charge is 2.40. The van der Waals surface area contributed by atoms with Gasteiger partial charge in [0.25, 0.3) is 0 Å². The van der Waals surface area contributed by atoms with Crippen LogP contribution in [0.5, 0.6) is 0 Å². The average molecular weight is 409 g/mol. The summed E-state index contributed by atoms with van der Waals surface area (Å²) in [7, 11) is 4.07. The Kier molecular flexibility index (Phi) is 7.68. The summed E-state index contributed by atoms with van der Waals surface area (Å²) in [4.78, 5) is 18.3. The number of morpholine rings is 1. The molecule has 4 nitrogen and oxygen atoms in total. The first kappa shape index (κ1) is 22.5. The fraction of sp³-hybridized carbons (Fsp3) is 0.500. The lowest BCUT2D eigenvalue weighted by Crippen LogP contribution is -2.52. The van der Waals surface area contributed by atoms with E-state index < -0.39 is 5.54 Å². The third kappa shape index (κ3) is 4.76. The van der Waals surface area contributed by atoms with E-state index in [1.165, 1.54) is 11.1 Å². The minimum absolute atomic E-state index is 0.204. The smallest absolute Gasteiger partial charge is 0.183 e. The van der Waals surface area contributed by atoms with Crippen LogP contribution in [0.25, 0.3) is 0 Å². The molecule has 2 aromatic rings. The lowest BCUT2D eigenvalue weighted by atomic mass is 9.79. The summed E-state index contributed by atoms with van der Waals surface area (Å²) in [6, 6.07) is 16.7. The van der Waals surface area contributed by atoms with E-state index in [0.29, 0.717) is 0 Å². The fourth-order valence-corrected chi connectivity index (χ4v) is 4.52. The summed E-state index contributed by atoms with van der Waals surface area (Å²) in [5.41, 5.74) is 4.04. The molecule has 4 heteroatoms. The highest BCUT2D eigenvalue weighted by molar-refractivity contribution is 6.03. The molecule has 0 saturated carbocycles. The first-order valence-electron chi connectivity index (χ1n) is 11.2. The quantitative estimate of drug-likeness (QED) is 0.567. The lowest BCUT2D eigenvalue weighted by molar-refractivity contribution is 0.0666. The minimum atomic E-state index is -0.551. The third-order valence-corrected chi connectivity index (χ3v) is 6.49. The van der Waals surface area contributed by atoms with Gasteiger partial charge in [0.1, 0.15) is 0 Å². The topological polar surface area (TPSA) is 32.8 Å². The van der Waals surface area contributed by atoms with Gasteiger partial charge in [-0.2, -0.15) is 0 Å². The number of ether oxygens (including phenoxy) is 1. The van der Waals surface area contributed by atoms with Crippen LogP contribution in [0.15, 0.2) is 48.5 Å². The molecular formula is C26H36N2O2. The monoisotopic (exact) mass is 408 g/mol. The van der Waals surface area contributed by atoms with Crippen molar-refractivity contribution in [1.29, 1.82) is 0 Å². The number of hydrogen-bond acceptors (Lipinski definition) is 4. The number of nitrogens with zero attached hydrogens (tertiary/aromatic N) is 2. The van der Waals surface area contributed by atoms with E-state index in [0.717, 1.165) is 63.2 Å². The molecule has 1 fully saturated rings. The molecule has 1 aliphatic rings. The number of carbonyl (C=O) groups excluding carboxylic acids is 1. The standard InChI is InChI=1S/C26H36N2O2/c1-5-9-21-10-7-8-11-23(21)20-26(6-2,27(3)4)25(29)22-12-14-24(15-13-22)28-16-18-30-19-17-28/h7-8,10-15H,5-6,9,16-20H2,1-4H3. The number of anilines is 1. The molecule has 1 unspecified atom stereocenters. The molecule has 2 aromatic carbocycles. The maximum Gasteiger partial charge on any atom is 0.183 e. The van der Waals surface area contributed by atoms with Gasteiger partial charge in [-0.25, -0.2) is 0 Å². The number of ketones is 1. The van der Waals surface area contributed by atoms with E-state index in [2.05, 4.69) is 60.0 Å². The van der Waals surface area contributed by atoms with Crippen LogP contribution in [-0.2, 0) is 17.6 Å². The van der Waals surface area contributed by atoms with Crippen molar-refractivity contribution in [1.82, 2.24) is 4.90 Å². The Morgan fingerprint density at radius 1 is 1.00 bits per heavy atom. The van der Waals surface area contributed by atoms with E-state index in [1.54, 1.807) is 0 Å². The van der Waals surface area contributed by atoms with Crippen molar-refractivity contribution < 1.29 is 9.53 Å². The van der Waals surface area contributed by atoms with E-state index in [-0.39, 0.29) is 5.78 Å². The molecule has 3 rings (SSSR count). The molecule has 0 N–H and O–H groups in total. The summed E-state index contributed by atoms with van der Waals surface area (Å²) in [5.74, 6) is 0.204. The van der Waals surface area contributed by atoms with Gasteiger partial charge in [0.15, 0.2) is 5.78 Å². The van der Waals surface area contributed by atoms with Crippen molar-refractivity contribution >= 4 is 11.5 Å². The van der Waals surface area contributed by atoms with Crippen molar-refractivity contribution in [3.8, 4) is 0 Å². The number of benzene rings is 2. The predicted octanol–water partition coefficient (Wildman–Crippen LogP) is 4.61. The Morgan fingerprint density at radius 3 is 2.20 bits per heavy atom. The van der Waals surface area contributed by atoms with Crippen LogP contribution in [0.4, 0.5) is 5.69 Å². The summed E-state index contributed by atoms with van der Waals surface area (Å²) < 4.78 is 5.45. The average Bonchev–Trinajstić information content (AvgIpc) is 2.79. The van der Waals surface area contributed by atoms with Crippen LogP contribution >= 0.6 is 0 Å². The first-order chi connectivity index (χ1) is 14.5. The molecule has 0 amide bonds. The van der Waals surface area contributed by atoms with Crippen LogP contribution in [0.3, 0.4) is 0 Å². The zero-order valence-corrected chi connectivity index (χ0v) is 19.0. The Hall–Kier alpha value is -2.17. The first-order valence-corrected chi connectivity index (χ1v) is 11.2. The molecule has 1 heterocycles. The number of aryl methyl sites for hydroxylation is 1. The summed E-state index contributed by atoms with van der Waals surface area (Å²) in [6.07, 6.45) is 3.65. The Bertz CT molecular complexity index is 825. The van der Waals surface area contributed by atoms with Gasteiger partial charge in [-0.1, -0.05) is 44.5 Å². The highest BCUT2D eigenvalue weighted by Crippen LogP contribution is 2.30. The fourth-order valence-electron chi connectivity index (χ4n) is 4.52. The minimum Gasteiger partial charge on any atom is -0.378 e. The van der Waals surface area contributed by atoms with Crippen molar-refractivity contribution in [2.45, 2.75) is 45.1 Å². The van der Waals surface area contributed by atoms with Gasteiger partial charge >= 0.3 is 0 Å². The van der Waals surface area contributed by atoms with E-state index >= 15 is 0 Å². The maximum atomic E-state index is 13.8. The summed E-state index contributed by atoms with van der Waals surface area (Å²) in [6.45, 7) is 7.66. The van der Waals surface area contributed by atoms with Crippen LogP contribution in [0.2, 0.25) is 0 Å². The molecule has 0 bridgehead atoms. The Balaban J connectivity index is 1.88. The second-order valence-corrected chi connectivity index (χ2v) is 8.45. The Morgan fingerprint density at radius 2 is 1.63 bits per heavy atom. The summed E-state index contributed by atoms with van der Waals surface area (Å²) >= 11 is 0. The molecule has 1 atom stereocenters. The maximum absolute atomic E-state index is 13.8. The van der Waals surface area contributed by atoms with Gasteiger partial charge in [0.2, 0.25) is 0 Å². The van der Waals surface area contributed by atoms with Crippen LogP contribution < -0.4 is 4.90 Å². The van der Waals surface area contributed by atoms with Gasteiger partial charge in [0, 0.05) is 24.3 Å². The lowest BCUT2D eigenvalue weighted by Gasteiger charge is -2.39. The number of hydrogen-bond donors (Lipinski definition) is 0. The van der Waals surface area contributed by atoms with Crippen LogP contribution in [0, 0.1) is 0 Å². The van der Waals surface area contributed by atoms with Crippen molar-refractivity contribution in [2.24, 2.45) is 0 Å². The second-order valence-electron chi connectivity index (χ2n) is 8.45. The van der Waals surface area contributed by atoms with Gasteiger partial charge in [-0.3, -0.25) is 9.69 Å². The number of Topliss-reactive ketones (excluding diaryl/α,β-unsaturated/α-hetero) is 1. The molecule has 0 radical (unpaired) electrons. The van der Waals surface area contributed by atoms with Crippen molar-refractivity contribution in [2.75, 3.05) is 45.3 Å². The van der Waals surface area contributed by atoms with Crippen molar-refractivity contribution in [3.05, 3.63) is 65.2 Å². The predicted molar refractivity (Wildman–Crippen MR) is 125 cm³/mol. The molecule has 0 spiro atoms. The SMILES string of the molecule is CCCc1ccccc1CC(CC)(C(=O)c1ccc(N2CCOCC2)cc1)N(C)C. The van der Waals surface area contributed by atoms with E-state index in [4.69, 9.17) is 4.74 Å². The molecule has 1 saturated heterocycles. The molecular weight excluding hydrogens is 372 g/mol. The zero-order valence-electron chi connectivity index (χ0n) is 19.0. The highest BCUT2D eigenvalue weighted by atomic mass is 16.5.